The fraction of sp³-hybridized carbons (Fsp3) is 0.381. The summed E-state index contributed by atoms with van der Waals surface area (Å²) in [6.45, 7) is 6.32. The fourth-order valence-corrected chi connectivity index (χ4v) is 4.79. The van der Waals surface area contributed by atoms with E-state index < -0.39 is 0 Å². The van der Waals surface area contributed by atoms with Crippen LogP contribution in [-0.2, 0) is 19.5 Å². The second-order valence-corrected chi connectivity index (χ2v) is 8.07. The number of aryl methyl sites for hydroxylation is 1. The molecule has 0 saturated heterocycles. The Morgan fingerprint density at radius 3 is 2.79 bits per heavy atom. The summed E-state index contributed by atoms with van der Waals surface area (Å²) in [7, 11) is 0. The number of hydrogen-bond acceptors (Lipinski definition) is 5. The normalized spacial score (nSPS) is 13.4. The molecule has 3 heterocycles. The van der Waals surface area contributed by atoms with E-state index in [2.05, 4.69) is 10.3 Å². The van der Waals surface area contributed by atoms with Gasteiger partial charge in [-0.2, -0.15) is 0 Å². The van der Waals surface area contributed by atoms with Crippen molar-refractivity contribution in [3.8, 4) is 5.75 Å². The number of carbonyl (C=O) groups is 1. The lowest BCUT2D eigenvalue weighted by Gasteiger charge is -2.27. The van der Waals surface area contributed by atoms with Crippen LogP contribution < -0.4 is 15.6 Å². The predicted octanol–water partition coefficient (Wildman–Crippen LogP) is 3.86. The number of amides is 2. The lowest BCUT2D eigenvalue weighted by atomic mass is 10.1. The van der Waals surface area contributed by atoms with E-state index in [0.717, 1.165) is 38.5 Å². The minimum atomic E-state index is -0.145. The maximum absolute atomic E-state index is 12.8. The largest absolute Gasteiger partial charge is 0.494 e. The van der Waals surface area contributed by atoms with Crippen molar-refractivity contribution in [2.24, 2.45) is 0 Å². The van der Waals surface area contributed by atoms with Crippen LogP contribution in [0.3, 0.4) is 0 Å². The summed E-state index contributed by atoms with van der Waals surface area (Å²) in [5.74, 6) is 0.777. The summed E-state index contributed by atoms with van der Waals surface area (Å²) in [6, 6.07) is 7.20. The monoisotopic (exact) mass is 412 g/mol. The second-order valence-electron chi connectivity index (χ2n) is 6.99. The molecule has 1 aromatic carbocycles. The molecule has 2 amide bonds. The molecule has 8 heteroatoms. The first-order valence-electron chi connectivity index (χ1n) is 9.89. The third kappa shape index (κ3) is 3.85. The lowest BCUT2D eigenvalue weighted by molar-refractivity contribution is 0.207. The van der Waals surface area contributed by atoms with Crippen LogP contribution in [-0.4, -0.2) is 33.6 Å². The van der Waals surface area contributed by atoms with E-state index in [-0.39, 0.29) is 11.6 Å². The topological polar surface area (TPSA) is 76.5 Å². The van der Waals surface area contributed by atoms with Crippen molar-refractivity contribution in [1.29, 1.82) is 0 Å². The van der Waals surface area contributed by atoms with Gasteiger partial charge in [0.05, 0.1) is 24.9 Å². The highest BCUT2D eigenvalue weighted by Gasteiger charge is 2.26. The average Bonchev–Trinajstić information content (AvgIpc) is 3.10. The summed E-state index contributed by atoms with van der Waals surface area (Å²) in [5, 5.41) is 3.67. The smallest absolute Gasteiger partial charge is 0.322 e. The van der Waals surface area contributed by atoms with Crippen molar-refractivity contribution in [3.63, 3.8) is 0 Å². The van der Waals surface area contributed by atoms with Gasteiger partial charge in [-0.3, -0.25) is 9.36 Å². The third-order valence-corrected chi connectivity index (χ3v) is 6.12. The maximum atomic E-state index is 12.8. The number of carbonyl (C=O) groups excluding carboxylic acids is 1. The molecule has 7 nitrogen and oxygen atoms in total. The standard InChI is InChI=1S/C21H24N4O3S/c1-3-10-25-13-22-19-18(20(25)26)16-9-11-24(12-17(16)29-19)21(27)23-14-5-7-15(8-6-14)28-4-2/h5-8,13H,3-4,9-12H2,1-2H3,(H,23,27). The van der Waals surface area contributed by atoms with E-state index in [1.807, 2.05) is 38.1 Å². The molecule has 1 aliphatic heterocycles. The number of fused-ring (bicyclic) bond motifs is 3. The highest BCUT2D eigenvalue weighted by Crippen LogP contribution is 2.32. The van der Waals surface area contributed by atoms with Gasteiger partial charge in [-0.25, -0.2) is 9.78 Å². The van der Waals surface area contributed by atoms with Crippen molar-refractivity contribution < 1.29 is 9.53 Å². The van der Waals surface area contributed by atoms with Gasteiger partial charge in [0.25, 0.3) is 5.56 Å². The number of anilines is 1. The van der Waals surface area contributed by atoms with Crippen LogP contribution in [0.5, 0.6) is 5.75 Å². The van der Waals surface area contributed by atoms with Crippen molar-refractivity contribution in [3.05, 3.63) is 51.4 Å². The van der Waals surface area contributed by atoms with Crippen molar-refractivity contribution >= 4 is 33.3 Å². The fourth-order valence-electron chi connectivity index (χ4n) is 3.60. The molecule has 0 saturated carbocycles. The van der Waals surface area contributed by atoms with Crippen LogP contribution >= 0.6 is 11.3 Å². The van der Waals surface area contributed by atoms with Crippen LogP contribution in [0.15, 0.2) is 35.4 Å². The second kappa shape index (κ2) is 8.24. The Balaban J connectivity index is 1.51. The molecule has 2 aromatic heterocycles. The number of nitrogens with one attached hydrogen (secondary N) is 1. The van der Waals surface area contributed by atoms with Gasteiger partial charge < -0.3 is 15.0 Å². The van der Waals surface area contributed by atoms with Crippen LogP contribution in [0.2, 0.25) is 0 Å². The van der Waals surface area contributed by atoms with Gasteiger partial charge in [0.15, 0.2) is 0 Å². The lowest BCUT2D eigenvalue weighted by Crippen LogP contribution is -2.38. The van der Waals surface area contributed by atoms with Crippen LogP contribution in [0.4, 0.5) is 10.5 Å². The van der Waals surface area contributed by atoms with Gasteiger partial charge in [-0.1, -0.05) is 6.92 Å². The van der Waals surface area contributed by atoms with Crippen molar-refractivity contribution in [2.45, 2.75) is 39.8 Å². The number of aromatic nitrogens is 2. The summed E-state index contributed by atoms with van der Waals surface area (Å²) in [5.41, 5.74) is 1.81. The summed E-state index contributed by atoms with van der Waals surface area (Å²) in [6.07, 6.45) is 3.19. The van der Waals surface area contributed by atoms with E-state index in [0.29, 0.717) is 32.7 Å². The van der Waals surface area contributed by atoms with E-state index >= 15 is 0 Å². The van der Waals surface area contributed by atoms with Gasteiger partial charge in [0, 0.05) is 23.7 Å². The van der Waals surface area contributed by atoms with E-state index in [1.54, 1.807) is 15.8 Å². The summed E-state index contributed by atoms with van der Waals surface area (Å²) >= 11 is 1.51. The molecule has 0 bridgehead atoms. The Morgan fingerprint density at radius 2 is 2.07 bits per heavy atom. The zero-order chi connectivity index (χ0) is 20.4. The van der Waals surface area contributed by atoms with Gasteiger partial charge in [-0.15, -0.1) is 11.3 Å². The Bertz CT molecular complexity index is 1090. The molecule has 29 heavy (non-hydrogen) atoms. The Hall–Kier alpha value is -2.87. The summed E-state index contributed by atoms with van der Waals surface area (Å²) in [4.78, 5) is 33.6. The number of hydrogen-bond donors (Lipinski definition) is 1. The molecule has 0 atom stereocenters. The molecule has 152 valence electrons. The first kappa shape index (κ1) is 19.4. The SMILES string of the molecule is CCCn1cnc2sc3c(c2c1=O)CCN(C(=O)Nc1ccc(OCC)cc1)C3. The molecule has 0 spiro atoms. The molecule has 4 rings (SSSR count). The van der Waals surface area contributed by atoms with Crippen LogP contribution in [0, 0.1) is 0 Å². The first-order valence-corrected chi connectivity index (χ1v) is 10.7. The molecule has 0 unspecified atom stereocenters. The van der Waals surface area contributed by atoms with Gasteiger partial charge >= 0.3 is 6.03 Å². The first-order chi connectivity index (χ1) is 14.1. The number of rotatable bonds is 5. The van der Waals surface area contributed by atoms with Crippen molar-refractivity contribution in [1.82, 2.24) is 14.5 Å². The summed E-state index contributed by atoms with van der Waals surface area (Å²) < 4.78 is 7.11. The maximum Gasteiger partial charge on any atom is 0.322 e. The van der Waals surface area contributed by atoms with Gasteiger partial charge in [0.2, 0.25) is 0 Å². The quantitative estimate of drug-likeness (QED) is 0.690. The predicted molar refractivity (Wildman–Crippen MR) is 115 cm³/mol. The van der Waals surface area contributed by atoms with Crippen LogP contribution in [0.1, 0.15) is 30.7 Å². The molecule has 3 aromatic rings. The molecular weight excluding hydrogens is 388 g/mol. The number of ether oxygens (including phenoxy) is 1. The molecule has 0 radical (unpaired) electrons. The minimum Gasteiger partial charge on any atom is -0.494 e. The average molecular weight is 413 g/mol. The molecule has 0 fully saturated rings. The number of benzene rings is 1. The molecule has 0 aliphatic carbocycles. The highest BCUT2D eigenvalue weighted by molar-refractivity contribution is 7.18. The highest BCUT2D eigenvalue weighted by atomic mass is 32.1. The number of nitrogens with zero attached hydrogens (tertiary/aromatic N) is 3. The minimum absolute atomic E-state index is 0.0293. The number of thiophene rings is 1. The van der Waals surface area contributed by atoms with E-state index in [9.17, 15) is 9.59 Å². The zero-order valence-corrected chi connectivity index (χ0v) is 17.4. The van der Waals surface area contributed by atoms with Gasteiger partial charge in [-0.05, 0) is 49.6 Å². The van der Waals surface area contributed by atoms with Gasteiger partial charge in [0.1, 0.15) is 10.6 Å². The number of urea groups is 1. The van der Waals surface area contributed by atoms with E-state index in [1.165, 1.54) is 11.3 Å². The Morgan fingerprint density at radius 1 is 1.28 bits per heavy atom. The van der Waals surface area contributed by atoms with Crippen molar-refractivity contribution in [2.75, 3.05) is 18.5 Å². The molecular formula is C21H24N4O3S. The molecule has 1 aliphatic rings. The Labute approximate surface area is 172 Å². The molecule has 1 N–H and O–H groups in total. The van der Waals surface area contributed by atoms with E-state index in [4.69, 9.17) is 4.74 Å². The Kier molecular flexibility index (Phi) is 5.53. The zero-order valence-electron chi connectivity index (χ0n) is 16.6. The van der Waals surface area contributed by atoms with Crippen LogP contribution in [0.25, 0.3) is 10.2 Å². The third-order valence-electron chi connectivity index (χ3n) is 5.00.